The van der Waals surface area contributed by atoms with E-state index in [0.717, 1.165) is 22.4 Å². The number of nitrogens with zero attached hydrogens (tertiary/aromatic N) is 3. The molecule has 0 bridgehead atoms. The van der Waals surface area contributed by atoms with Crippen LogP contribution in [0.25, 0.3) is 11.0 Å². The first kappa shape index (κ1) is 15.2. The van der Waals surface area contributed by atoms with Gasteiger partial charge in [0.1, 0.15) is 0 Å². The summed E-state index contributed by atoms with van der Waals surface area (Å²) in [7, 11) is 1.85. The van der Waals surface area contributed by atoms with Crippen LogP contribution in [0.5, 0.6) is 0 Å². The summed E-state index contributed by atoms with van der Waals surface area (Å²) in [5.74, 6) is 0.305. The van der Waals surface area contributed by atoms with E-state index in [9.17, 15) is 4.79 Å². The number of rotatable bonds is 3. The molecule has 0 fully saturated rings. The minimum atomic E-state index is -0.167. The first-order valence-corrected chi connectivity index (χ1v) is 7.66. The van der Waals surface area contributed by atoms with Gasteiger partial charge in [0.25, 0.3) is 5.91 Å². The van der Waals surface area contributed by atoms with Gasteiger partial charge in [0.2, 0.25) is 0 Å². The van der Waals surface area contributed by atoms with Gasteiger partial charge in [-0.1, -0.05) is 26.0 Å². The van der Waals surface area contributed by atoms with Crippen LogP contribution in [0, 0.1) is 6.92 Å². The molecule has 0 aliphatic rings. The monoisotopic (exact) mass is 308 g/mol. The topological polar surface area (TPSA) is 59.8 Å². The highest BCUT2D eigenvalue weighted by atomic mass is 16.1. The summed E-state index contributed by atoms with van der Waals surface area (Å²) in [5, 5.41) is 8.13. The second kappa shape index (κ2) is 5.83. The van der Waals surface area contributed by atoms with Gasteiger partial charge >= 0.3 is 0 Å². The van der Waals surface area contributed by atoms with Crippen LogP contribution in [0.15, 0.2) is 36.5 Å². The van der Waals surface area contributed by atoms with Crippen molar-refractivity contribution < 1.29 is 4.79 Å². The maximum Gasteiger partial charge on any atom is 0.257 e. The Hall–Kier alpha value is -2.69. The Bertz CT molecular complexity index is 863. The van der Waals surface area contributed by atoms with Crippen molar-refractivity contribution in [3.8, 4) is 0 Å². The van der Waals surface area contributed by atoms with Crippen molar-refractivity contribution in [3.63, 3.8) is 0 Å². The van der Waals surface area contributed by atoms with Crippen LogP contribution in [0.2, 0.25) is 0 Å². The van der Waals surface area contributed by atoms with E-state index in [0.29, 0.717) is 11.5 Å². The average Bonchev–Trinajstić information content (AvgIpc) is 2.82. The number of fused-ring (bicyclic) bond motifs is 1. The van der Waals surface area contributed by atoms with Crippen molar-refractivity contribution in [2.75, 3.05) is 5.32 Å². The molecule has 1 N–H and O–H groups in total. The summed E-state index contributed by atoms with van der Waals surface area (Å²) in [5.41, 5.74) is 4.20. The summed E-state index contributed by atoms with van der Waals surface area (Å²) >= 11 is 0. The number of hydrogen-bond donors (Lipinski definition) is 1. The number of anilines is 1. The zero-order valence-electron chi connectivity index (χ0n) is 13.8. The van der Waals surface area contributed by atoms with E-state index >= 15 is 0 Å². The van der Waals surface area contributed by atoms with E-state index in [1.807, 2.05) is 44.3 Å². The van der Waals surface area contributed by atoms with Gasteiger partial charge in [-0.15, -0.1) is 0 Å². The Balaban J connectivity index is 1.84. The molecule has 0 radical (unpaired) electrons. The number of amides is 1. The quantitative estimate of drug-likeness (QED) is 0.803. The maximum absolute atomic E-state index is 12.4. The van der Waals surface area contributed by atoms with E-state index in [1.165, 1.54) is 5.56 Å². The molecule has 0 aliphatic carbocycles. The Morgan fingerprint density at radius 3 is 2.57 bits per heavy atom. The smallest absolute Gasteiger partial charge is 0.257 e. The lowest BCUT2D eigenvalue weighted by molar-refractivity contribution is 0.102. The van der Waals surface area contributed by atoms with Gasteiger partial charge in [0.15, 0.2) is 5.65 Å². The van der Waals surface area contributed by atoms with Gasteiger partial charge in [0.05, 0.1) is 11.3 Å². The lowest BCUT2D eigenvalue weighted by Gasteiger charge is -2.08. The normalized spacial score (nSPS) is 11.2. The number of carbonyl (C=O) groups excluding carboxylic acids is 1. The summed E-state index contributed by atoms with van der Waals surface area (Å²) in [6.07, 6.45) is 1.58. The van der Waals surface area contributed by atoms with Crippen LogP contribution in [0.4, 0.5) is 5.69 Å². The molecule has 5 heteroatoms. The van der Waals surface area contributed by atoms with E-state index in [1.54, 1.807) is 10.9 Å². The second-order valence-electron chi connectivity index (χ2n) is 6.04. The number of nitrogens with one attached hydrogen (secondary N) is 1. The van der Waals surface area contributed by atoms with Gasteiger partial charge in [-0.25, -0.2) is 4.98 Å². The van der Waals surface area contributed by atoms with Gasteiger partial charge in [-0.05, 0) is 36.6 Å². The number of pyridine rings is 1. The van der Waals surface area contributed by atoms with Crippen LogP contribution >= 0.6 is 0 Å². The van der Waals surface area contributed by atoms with Crippen molar-refractivity contribution in [1.82, 2.24) is 14.8 Å². The number of aryl methyl sites for hydroxylation is 2. The molecule has 0 aliphatic heterocycles. The second-order valence-corrected chi connectivity index (χ2v) is 6.04. The third kappa shape index (κ3) is 2.95. The molecular formula is C18H20N4O. The van der Waals surface area contributed by atoms with Crippen molar-refractivity contribution in [2.45, 2.75) is 26.7 Å². The minimum absolute atomic E-state index is 0.167. The lowest BCUT2D eigenvalue weighted by atomic mass is 10.0. The Morgan fingerprint density at radius 2 is 1.91 bits per heavy atom. The summed E-state index contributed by atoms with van der Waals surface area (Å²) in [6, 6.07) is 9.76. The number of benzene rings is 1. The highest BCUT2D eigenvalue weighted by Gasteiger charge is 2.12. The predicted molar refractivity (Wildman–Crippen MR) is 91.7 cm³/mol. The number of hydrogen-bond acceptors (Lipinski definition) is 3. The van der Waals surface area contributed by atoms with Crippen molar-refractivity contribution in [2.24, 2.45) is 7.05 Å². The van der Waals surface area contributed by atoms with E-state index in [-0.39, 0.29) is 5.91 Å². The SMILES string of the molecule is Cc1nn(C)c2ncc(C(=O)Nc3ccc(C(C)C)cc3)cc12. The molecule has 0 unspecified atom stereocenters. The third-order valence-electron chi connectivity index (χ3n) is 3.96. The predicted octanol–water partition coefficient (Wildman–Crippen LogP) is 3.65. The molecule has 1 aromatic carbocycles. The van der Waals surface area contributed by atoms with Gasteiger partial charge in [0, 0.05) is 24.3 Å². The maximum atomic E-state index is 12.4. The summed E-state index contributed by atoms with van der Waals surface area (Å²) in [6.45, 7) is 6.20. The van der Waals surface area contributed by atoms with Crippen LogP contribution < -0.4 is 5.32 Å². The third-order valence-corrected chi connectivity index (χ3v) is 3.96. The highest BCUT2D eigenvalue weighted by Crippen LogP contribution is 2.19. The van der Waals surface area contributed by atoms with Crippen LogP contribution in [0.3, 0.4) is 0 Å². The fourth-order valence-electron chi connectivity index (χ4n) is 2.59. The molecule has 1 amide bonds. The molecule has 0 spiro atoms. The van der Waals surface area contributed by atoms with Gasteiger partial charge in [-0.3, -0.25) is 9.48 Å². The van der Waals surface area contributed by atoms with Crippen LogP contribution in [-0.2, 0) is 7.05 Å². The molecule has 2 aromatic heterocycles. The number of aromatic nitrogens is 3. The van der Waals surface area contributed by atoms with Crippen molar-refractivity contribution in [3.05, 3.63) is 53.3 Å². The molecule has 0 saturated heterocycles. The average molecular weight is 308 g/mol. The van der Waals surface area contributed by atoms with Crippen molar-refractivity contribution in [1.29, 1.82) is 0 Å². The van der Waals surface area contributed by atoms with Crippen molar-refractivity contribution >= 4 is 22.6 Å². The zero-order valence-corrected chi connectivity index (χ0v) is 13.8. The molecule has 5 nitrogen and oxygen atoms in total. The zero-order chi connectivity index (χ0) is 16.6. The van der Waals surface area contributed by atoms with Gasteiger partial charge in [-0.2, -0.15) is 5.10 Å². The van der Waals surface area contributed by atoms with Crippen LogP contribution in [-0.4, -0.2) is 20.7 Å². The minimum Gasteiger partial charge on any atom is -0.322 e. The highest BCUT2D eigenvalue weighted by molar-refractivity contribution is 6.05. The lowest BCUT2D eigenvalue weighted by Crippen LogP contribution is -2.12. The van der Waals surface area contributed by atoms with E-state index < -0.39 is 0 Å². The molecule has 3 aromatic rings. The first-order chi connectivity index (χ1) is 11.0. The molecule has 118 valence electrons. The summed E-state index contributed by atoms with van der Waals surface area (Å²) < 4.78 is 1.72. The Morgan fingerprint density at radius 1 is 1.22 bits per heavy atom. The van der Waals surface area contributed by atoms with Gasteiger partial charge < -0.3 is 5.32 Å². The Labute approximate surface area is 135 Å². The first-order valence-electron chi connectivity index (χ1n) is 7.66. The fourth-order valence-corrected chi connectivity index (χ4v) is 2.59. The van der Waals surface area contributed by atoms with E-state index in [2.05, 4.69) is 29.2 Å². The molecule has 0 saturated carbocycles. The number of carbonyl (C=O) groups is 1. The summed E-state index contributed by atoms with van der Waals surface area (Å²) in [4.78, 5) is 16.8. The molecule has 2 heterocycles. The fraction of sp³-hybridized carbons (Fsp3) is 0.278. The molecule has 3 rings (SSSR count). The molecular weight excluding hydrogens is 288 g/mol. The van der Waals surface area contributed by atoms with Crippen LogP contribution in [0.1, 0.15) is 41.4 Å². The molecule has 0 atom stereocenters. The Kier molecular flexibility index (Phi) is 3.86. The molecule has 23 heavy (non-hydrogen) atoms. The largest absolute Gasteiger partial charge is 0.322 e. The standard InChI is InChI=1S/C18H20N4O/c1-11(2)13-5-7-15(8-6-13)20-18(23)14-9-16-12(3)21-22(4)17(16)19-10-14/h5-11H,1-4H3,(H,20,23). The van der Waals surface area contributed by atoms with E-state index in [4.69, 9.17) is 0 Å².